The van der Waals surface area contributed by atoms with Gasteiger partial charge in [-0.15, -0.1) is 0 Å². The fourth-order valence-corrected chi connectivity index (χ4v) is 1.57. The van der Waals surface area contributed by atoms with Gasteiger partial charge in [-0.1, -0.05) is 5.16 Å². The van der Waals surface area contributed by atoms with Gasteiger partial charge in [0.05, 0.1) is 5.69 Å². The molecule has 2 rings (SSSR count). The van der Waals surface area contributed by atoms with Crippen LogP contribution in [0.3, 0.4) is 0 Å². The summed E-state index contributed by atoms with van der Waals surface area (Å²) in [4.78, 5) is 16.1. The molecule has 0 radical (unpaired) electrons. The number of aromatic nitrogens is 2. The molecule has 0 aromatic carbocycles. The van der Waals surface area contributed by atoms with Gasteiger partial charge in [-0.2, -0.15) is 0 Å². The minimum absolute atomic E-state index is 0.320. The molecule has 0 bridgehead atoms. The molecule has 2 heterocycles. The van der Waals surface area contributed by atoms with Crippen LogP contribution >= 0.6 is 0 Å². The van der Waals surface area contributed by atoms with Gasteiger partial charge < -0.3 is 9.84 Å². The first-order chi connectivity index (χ1) is 9.11. The number of rotatable bonds is 4. The predicted octanol–water partition coefficient (Wildman–Crippen LogP) is 2.37. The molecule has 0 spiro atoms. The highest BCUT2D eigenvalue weighted by molar-refractivity contribution is 6.02. The second-order valence-electron chi connectivity index (χ2n) is 4.14. The summed E-state index contributed by atoms with van der Waals surface area (Å²) in [5.74, 6) is 0.0390. The lowest BCUT2D eigenvalue weighted by Crippen LogP contribution is -2.14. The van der Waals surface area contributed by atoms with Crippen LogP contribution in [-0.2, 0) is 0 Å². The van der Waals surface area contributed by atoms with E-state index in [1.807, 2.05) is 26.8 Å². The topological polar surface area (TPSA) is 80.0 Å². The van der Waals surface area contributed by atoms with E-state index in [0.717, 1.165) is 23.5 Å². The maximum Gasteiger partial charge on any atom is 0.276 e. The maximum atomic E-state index is 12.0. The molecule has 6 heteroatoms. The zero-order chi connectivity index (χ0) is 13.8. The van der Waals surface area contributed by atoms with Crippen molar-refractivity contribution in [2.45, 2.75) is 20.8 Å². The van der Waals surface area contributed by atoms with E-state index in [-0.39, 0.29) is 5.91 Å². The van der Waals surface area contributed by atoms with Gasteiger partial charge in [0.2, 0.25) is 5.88 Å². The molecule has 0 saturated carbocycles. The molecule has 1 amide bonds. The third-order valence-corrected chi connectivity index (χ3v) is 2.76. The van der Waals surface area contributed by atoms with Crippen molar-refractivity contribution in [3.8, 4) is 0 Å². The van der Waals surface area contributed by atoms with Gasteiger partial charge in [-0.05, 0) is 32.9 Å². The molecule has 0 fully saturated rings. The van der Waals surface area contributed by atoms with E-state index in [0.29, 0.717) is 11.6 Å². The van der Waals surface area contributed by atoms with Crippen molar-refractivity contribution in [1.82, 2.24) is 10.1 Å². The second-order valence-corrected chi connectivity index (χ2v) is 4.14. The van der Waals surface area contributed by atoms with Crippen LogP contribution in [0.5, 0.6) is 0 Å². The third kappa shape index (κ3) is 2.90. The molecule has 0 aliphatic carbocycles. The SMILES string of the molecule is CCNc1ccnc(C(=O)Nc2onc(C)c2C)c1. The zero-order valence-corrected chi connectivity index (χ0v) is 11.2. The van der Waals surface area contributed by atoms with Crippen LogP contribution in [0.25, 0.3) is 0 Å². The van der Waals surface area contributed by atoms with Crippen LogP contribution in [0, 0.1) is 13.8 Å². The number of aryl methyl sites for hydroxylation is 1. The van der Waals surface area contributed by atoms with Crippen molar-refractivity contribution >= 4 is 17.5 Å². The summed E-state index contributed by atoms with van der Waals surface area (Å²) < 4.78 is 5.04. The molecule has 100 valence electrons. The number of hydrogen-bond donors (Lipinski definition) is 2. The molecule has 0 unspecified atom stereocenters. The number of carbonyl (C=O) groups is 1. The lowest BCUT2D eigenvalue weighted by molar-refractivity contribution is 0.101. The summed E-state index contributed by atoms with van der Waals surface area (Å²) in [7, 11) is 0. The Kier molecular flexibility index (Phi) is 3.79. The van der Waals surface area contributed by atoms with Gasteiger partial charge in [0.25, 0.3) is 5.91 Å². The molecule has 2 aromatic heterocycles. The van der Waals surface area contributed by atoms with Crippen molar-refractivity contribution in [3.05, 3.63) is 35.3 Å². The van der Waals surface area contributed by atoms with E-state index < -0.39 is 0 Å². The first-order valence-corrected chi connectivity index (χ1v) is 6.06. The molecule has 2 aromatic rings. The fraction of sp³-hybridized carbons (Fsp3) is 0.308. The largest absolute Gasteiger partial charge is 0.385 e. The van der Waals surface area contributed by atoms with Crippen LogP contribution < -0.4 is 10.6 Å². The van der Waals surface area contributed by atoms with E-state index in [1.165, 1.54) is 0 Å². The molecule has 0 saturated heterocycles. The monoisotopic (exact) mass is 260 g/mol. The summed E-state index contributed by atoms with van der Waals surface area (Å²) in [6.45, 7) is 6.43. The minimum atomic E-state index is -0.320. The van der Waals surface area contributed by atoms with E-state index in [4.69, 9.17) is 4.52 Å². The maximum absolute atomic E-state index is 12.0. The van der Waals surface area contributed by atoms with Gasteiger partial charge in [-0.3, -0.25) is 15.1 Å². The lowest BCUT2D eigenvalue weighted by Gasteiger charge is -2.05. The second kappa shape index (κ2) is 5.51. The first kappa shape index (κ1) is 13.1. The Morgan fingerprint density at radius 3 is 2.84 bits per heavy atom. The van der Waals surface area contributed by atoms with Gasteiger partial charge in [0, 0.05) is 24.0 Å². The molecular weight excluding hydrogens is 244 g/mol. The van der Waals surface area contributed by atoms with Gasteiger partial charge >= 0.3 is 0 Å². The standard InChI is InChI=1S/C13H16N4O2/c1-4-14-10-5-6-15-11(7-10)12(18)16-13-8(2)9(3)17-19-13/h5-7H,4H2,1-3H3,(H,14,15)(H,16,18). The van der Waals surface area contributed by atoms with Crippen LogP contribution in [0.15, 0.2) is 22.9 Å². The first-order valence-electron chi connectivity index (χ1n) is 6.06. The number of amides is 1. The van der Waals surface area contributed by atoms with Crippen LogP contribution in [0.2, 0.25) is 0 Å². The minimum Gasteiger partial charge on any atom is -0.385 e. The Morgan fingerprint density at radius 2 is 2.21 bits per heavy atom. The molecule has 19 heavy (non-hydrogen) atoms. The van der Waals surface area contributed by atoms with Crippen LogP contribution in [-0.4, -0.2) is 22.6 Å². The Balaban J connectivity index is 2.16. The third-order valence-electron chi connectivity index (χ3n) is 2.76. The average molecular weight is 260 g/mol. The van der Waals surface area contributed by atoms with E-state index >= 15 is 0 Å². The lowest BCUT2D eigenvalue weighted by atomic mass is 10.2. The number of hydrogen-bond acceptors (Lipinski definition) is 5. The average Bonchev–Trinajstić information content (AvgIpc) is 2.71. The highest BCUT2D eigenvalue weighted by atomic mass is 16.5. The van der Waals surface area contributed by atoms with E-state index in [2.05, 4.69) is 20.8 Å². The van der Waals surface area contributed by atoms with E-state index in [9.17, 15) is 4.79 Å². The Labute approximate surface area is 111 Å². The van der Waals surface area contributed by atoms with Gasteiger partial charge in [0.15, 0.2) is 0 Å². The fourth-order valence-electron chi connectivity index (χ4n) is 1.57. The van der Waals surface area contributed by atoms with Crippen LogP contribution in [0.1, 0.15) is 28.7 Å². The summed E-state index contributed by atoms with van der Waals surface area (Å²) in [5.41, 5.74) is 2.75. The molecule has 0 atom stereocenters. The smallest absolute Gasteiger partial charge is 0.276 e. The molecule has 2 N–H and O–H groups in total. The summed E-state index contributed by atoms with van der Waals surface area (Å²) in [5, 5.41) is 9.57. The predicted molar refractivity (Wildman–Crippen MR) is 72.3 cm³/mol. The highest BCUT2D eigenvalue weighted by Gasteiger charge is 2.14. The Bertz CT molecular complexity index is 592. The molecular formula is C13H16N4O2. The highest BCUT2D eigenvalue weighted by Crippen LogP contribution is 2.18. The van der Waals surface area contributed by atoms with Gasteiger partial charge in [0.1, 0.15) is 5.69 Å². The number of anilines is 2. The van der Waals surface area contributed by atoms with Crippen molar-refractivity contribution < 1.29 is 9.32 Å². The van der Waals surface area contributed by atoms with Gasteiger partial charge in [-0.25, -0.2) is 0 Å². The van der Waals surface area contributed by atoms with E-state index in [1.54, 1.807) is 12.3 Å². The quantitative estimate of drug-likeness (QED) is 0.882. The van der Waals surface area contributed by atoms with Crippen molar-refractivity contribution in [2.75, 3.05) is 17.2 Å². The molecule has 6 nitrogen and oxygen atoms in total. The Morgan fingerprint density at radius 1 is 1.42 bits per heavy atom. The summed E-state index contributed by atoms with van der Waals surface area (Å²) in [6, 6.07) is 3.50. The zero-order valence-electron chi connectivity index (χ0n) is 11.2. The number of nitrogens with one attached hydrogen (secondary N) is 2. The normalized spacial score (nSPS) is 10.3. The number of pyridine rings is 1. The number of nitrogens with zero attached hydrogens (tertiary/aromatic N) is 2. The van der Waals surface area contributed by atoms with Crippen molar-refractivity contribution in [2.24, 2.45) is 0 Å². The Hall–Kier alpha value is -2.37. The van der Waals surface area contributed by atoms with Crippen LogP contribution in [0.4, 0.5) is 11.6 Å². The van der Waals surface area contributed by atoms with Crippen molar-refractivity contribution in [3.63, 3.8) is 0 Å². The summed E-state index contributed by atoms with van der Waals surface area (Å²) >= 11 is 0. The number of carbonyl (C=O) groups excluding carboxylic acids is 1. The molecule has 0 aliphatic rings. The summed E-state index contributed by atoms with van der Waals surface area (Å²) in [6.07, 6.45) is 1.59. The van der Waals surface area contributed by atoms with Crippen molar-refractivity contribution in [1.29, 1.82) is 0 Å². The molecule has 0 aliphatic heterocycles.